The molecule has 1 aliphatic rings. The lowest BCUT2D eigenvalue weighted by atomic mass is 9.97. The zero-order chi connectivity index (χ0) is 20.9. The molecule has 3 nitrogen and oxygen atoms in total. The summed E-state index contributed by atoms with van der Waals surface area (Å²) in [7, 11) is -3.54. The van der Waals surface area contributed by atoms with Gasteiger partial charge in [-0.25, -0.2) is 13.1 Å². The van der Waals surface area contributed by atoms with Gasteiger partial charge in [-0.1, -0.05) is 61.9 Å². The van der Waals surface area contributed by atoms with Crippen LogP contribution in [0.4, 0.5) is 0 Å². The molecule has 1 saturated heterocycles. The molecule has 0 aliphatic carbocycles. The number of thioether (sulfide) groups is 2. The molecule has 2 aromatic carbocycles. The van der Waals surface area contributed by atoms with Gasteiger partial charge in [0.15, 0.2) is 0 Å². The van der Waals surface area contributed by atoms with Crippen LogP contribution < -0.4 is 4.72 Å². The maximum Gasteiger partial charge on any atom is 0.240 e. The second-order valence-electron chi connectivity index (χ2n) is 8.11. The first-order chi connectivity index (χ1) is 13.8. The second-order valence-corrected chi connectivity index (χ2v) is 13.0. The summed E-state index contributed by atoms with van der Waals surface area (Å²) in [6.07, 6.45) is 2.99. The number of benzene rings is 2. The fraction of sp³-hybridized carbons (Fsp3) is 0.478. The van der Waals surface area contributed by atoms with Crippen molar-refractivity contribution in [2.45, 2.75) is 55.1 Å². The number of hydrogen-bond donors (Lipinski definition) is 1. The van der Waals surface area contributed by atoms with Crippen molar-refractivity contribution in [1.29, 1.82) is 0 Å². The smallest absolute Gasteiger partial charge is 0.208 e. The Morgan fingerprint density at radius 1 is 1.00 bits per heavy atom. The third-order valence-corrected chi connectivity index (χ3v) is 10.2. The van der Waals surface area contributed by atoms with Crippen molar-refractivity contribution in [3.05, 3.63) is 65.7 Å². The molecule has 0 radical (unpaired) electrons. The molecule has 3 rings (SSSR count). The summed E-state index contributed by atoms with van der Waals surface area (Å²) in [5.41, 5.74) is 2.37. The molecule has 0 bridgehead atoms. The van der Waals surface area contributed by atoms with Crippen LogP contribution in [0.5, 0.6) is 0 Å². The third kappa shape index (κ3) is 6.27. The van der Waals surface area contributed by atoms with E-state index in [1.165, 1.54) is 12.0 Å². The largest absolute Gasteiger partial charge is 0.240 e. The van der Waals surface area contributed by atoms with Gasteiger partial charge in [-0.3, -0.25) is 0 Å². The Hall–Kier alpha value is -0.950. The first-order valence-electron chi connectivity index (χ1n) is 10.2. The van der Waals surface area contributed by atoms with Crippen LogP contribution in [0.1, 0.15) is 37.8 Å². The standard InChI is InChI=1S/C23H31NO2S3/c1-18(2)22(24-29(25,26)21-12-10-19(3)11-13-21)17-23(27-14-7-15-28-23)16-20-8-5-4-6-9-20/h4-6,8-13,18,22,24H,7,14-17H2,1-3H3/t22-/m1/s1. The molecular formula is C23H31NO2S3. The molecule has 0 saturated carbocycles. The zero-order valence-electron chi connectivity index (χ0n) is 17.4. The van der Waals surface area contributed by atoms with Gasteiger partial charge >= 0.3 is 0 Å². The lowest BCUT2D eigenvalue weighted by Crippen LogP contribution is -2.44. The van der Waals surface area contributed by atoms with Crippen LogP contribution in [0.2, 0.25) is 0 Å². The molecule has 6 heteroatoms. The molecular weight excluding hydrogens is 418 g/mol. The highest BCUT2D eigenvalue weighted by molar-refractivity contribution is 8.18. The van der Waals surface area contributed by atoms with Crippen LogP contribution in [-0.2, 0) is 16.4 Å². The van der Waals surface area contributed by atoms with Crippen LogP contribution in [0, 0.1) is 12.8 Å². The number of nitrogens with one attached hydrogen (secondary N) is 1. The van der Waals surface area contributed by atoms with Crippen LogP contribution >= 0.6 is 23.5 Å². The van der Waals surface area contributed by atoms with Crippen LogP contribution in [0.25, 0.3) is 0 Å². The lowest BCUT2D eigenvalue weighted by molar-refractivity contribution is 0.410. The maximum absolute atomic E-state index is 13.0. The molecule has 2 aromatic rings. The zero-order valence-corrected chi connectivity index (χ0v) is 19.9. The fourth-order valence-corrected chi connectivity index (χ4v) is 8.40. The van der Waals surface area contributed by atoms with Crippen molar-refractivity contribution in [2.75, 3.05) is 11.5 Å². The molecule has 29 heavy (non-hydrogen) atoms. The molecule has 1 fully saturated rings. The minimum absolute atomic E-state index is 0.00430. The minimum atomic E-state index is -3.54. The number of sulfonamides is 1. The van der Waals surface area contributed by atoms with Crippen molar-refractivity contribution in [1.82, 2.24) is 4.72 Å². The van der Waals surface area contributed by atoms with Gasteiger partial charge in [-0.2, -0.15) is 0 Å². The average molecular weight is 450 g/mol. The highest BCUT2D eigenvalue weighted by atomic mass is 32.2. The molecule has 0 amide bonds. The predicted octanol–water partition coefficient (Wildman–Crippen LogP) is 5.50. The van der Waals surface area contributed by atoms with E-state index in [4.69, 9.17) is 0 Å². The first-order valence-corrected chi connectivity index (χ1v) is 13.7. The highest BCUT2D eigenvalue weighted by Gasteiger charge is 2.38. The van der Waals surface area contributed by atoms with Gasteiger partial charge in [-0.15, -0.1) is 23.5 Å². The molecule has 158 valence electrons. The van der Waals surface area contributed by atoms with Gasteiger partial charge in [-0.05, 0) is 61.3 Å². The Labute approximate surface area is 184 Å². The molecule has 0 spiro atoms. The van der Waals surface area contributed by atoms with E-state index in [0.29, 0.717) is 4.90 Å². The Bertz CT molecular complexity index is 874. The van der Waals surface area contributed by atoms with Gasteiger partial charge < -0.3 is 0 Å². The van der Waals surface area contributed by atoms with Gasteiger partial charge in [0.2, 0.25) is 10.0 Å². The summed E-state index contributed by atoms with van der Waals surface area (Å²) < 4.78 is 29.1. The van der Waals surface area contributed by atoms with E-state index in [-0.39, 0.29) is 16.0 Å². The van der Waals surface area contributed by atoms with Crippen molar-refractivity contribution in [3.8, 4) is 0 Å². The van der Waals surface area contributed by atoms with Gasteiger partial charge in [0.05, 0.1) is 8.97 Å². The SMILES string of the molecule is Cc1ccc(S(=O)(=O)N[C@H](CC2(Cc3ccccc3)SCCCS2)C(C)C)cc1. The lowest BCUT2D eigenvalue weighted by Gasteiger charge is -2.40. The number of rotatable bonds is 8. The Balaban J connectivity index is 1.82. The summed E-state index contributed by atoms with van der Waals surface area (Å²) >= 11 is 4.01. The van der Waals surface area contributed by atoms with Crippen molar-refractivity contribution < 1.29 is 8.42 Å². The first kappa shape index (κ1) is 22.7. The minimum Gasteiger partial charge on any atom is -0.208 e. The summed E-state index contributed by atoms with van der Waals surface area (Å²) in [6, 6.07) is 17.6. The van der Waals surface area contributed by atoms with E-state index >= 15 is 0 Å². The molecule has 0 aromatic heterocycles. The van der Waals surface area contributed by atoms with Gasteiger partial charge in [0.25, 0.3) is 0 Å². The Morgan fingerprint density at radius 3 is 2.21 bits per heavy atom. The monoisotopic (exact) mass is 449 g/mol. The third-order valence-electron chi connectivity index (χ3n) is 5.31. The van der Waals surface area contributed by atoms with Crippen LogP contribution in [0.15, 0.2) is 59.5 Å². The molecule has 1 aliphatic heterocycles. The highest BCUT2D eigenvalue weighted by Crippen LogP contribution is 2.48. The van der Waals surface area contributed by atoms with Crippen LogP contribution in [0.3, 0.4) is 0 Å². The molecule has 1 atom stereocenters. The topological polar surface area (TPSA) is 46.2 Å². The average Bonchev–Trinajstić information content (AvgIpc) is 2.69. The normalized spacial score (nSPS) is 17.9. The van der Waals surface area contributed by atoms with Gasteiger partial charge in [0.1, 0.15) is 0 Å². The summed E-state index contributed by atoms with van der Waals surface area (Å²) in [6.45, 7) is 6.18. The van der Waals surface area contributed by atoms with Gasteiger partial charge in [0, 0.05) is 6.04 Å². The van der Waals surface area contributed by atoms with E-state index in [1.54, 1.807) is 12.1 Å². The summed E-state index contributed by atoms with van der Waals surface area (Å²) in [5, 5.41) is 0. The predicted molar refractivity (Wildman–Crippen MR) is 127 cm³/mol. The Kier molecular flexibility index (Phi) is 7.76. The molecule has 0 unspecified atom stereocenters. The molecule has 1 heterocycles. The van der Waals surface area contributed by atoms with E-state index in [0.717, 1.165) is 29.9 Å². The second kappa shape index (κ2) is 9.90. The summed E-state index contributed by atoms with van der Waals surface area (Å²) in [5.74, 6) is 2.48. The quantitative estimate of drug-likeness (QED) is 0.578. The van der Waals surface area contributed by atoms with Crippen molar-refractivity contribution in [2.24, 2.45) is 5.92 Å². The van der Waals surface area contributed by atoms with Crippen LogP contribution in [-0.4, -0.2) is 30.0 Å². The summed E-state index contributed by atoms with van der Waals surface area (Å²) in [4.78, 5) is 0.342. The van der Waals surface area contributed by atoms with E-state index in [1.807, 2.05) is 48.6 Å². The maximum atomic E-state index is 13.0. The van der Waals surface area contributed by atoms with E-state index in [2.05, 4.69) is 42.8 Å². The fourth-order valence-electron chi connectivity index (χ4n) is 3.55. The number of hydrogen-bond acceptors (Lipinski definition) is 4. The van der Waals surface area contributed by atoms with E-state index in [9.17, 15) is 8.42 Å². The molecule has 1 N–H and O–H groups in total. The van der Waals surface area contributed by atoms with Crippen molar-refractivity contribution in [3.63, 3.8) is 0 Å². The van der Waals surface area contributed by atoms with E-state index < -0.39 is 10.0 Å². The van der Waals surface area contributed by atoms with Crippen molar-refractivity contribution >= 4 is 33.5 Å². The number of aryl methyl sites for hydroxylation is 1. The Morgan fingerprint density at radius 2 is 1.62 bits per heavy atom.